The van der Waals surface area contributed by atoms with Crippen molar-refractivity contribution in [3.63, 3.8) is 0 Å². The van der Waals surface area contributed by atoms with Crippen LogP contribution in [-0.4, -0.2) is 42.0 Å². The third kappa shape index (κ3) is 4.58. The summed E-state index contributed by atoms with van der Waals surface area (Å²) in [7, 11) is 1.98. The second kappa shape index (κ2) is 10.1. The zero-order valence-electron chi connectivity index (χ0n) is 15.5. The lowest BCUT2D eigenvalue weighted by Crippen LogP contribution is -2.43. The van der Waals surface area contributed by atoms with Crippen LogP contribution in [0.25, 0.3) is 22.0 Å². The minimum absolute atomic E-state index is 0. The van der Waals surface area contributed by atoms with Gasteiger partial charge in [0.05, 0.1) is 12.0 Å². The number of thiazole rings is 1. The SMILES string of the molecule is CNC1CCN(C(=O)c2sc(-c3ccco3)nc2-c2ccccc2)CC1.Cl.Cl. The highest BCUT2D eigenvalue weighted by molar-refractivity contribution is 7.17. The van der Waals surface area contributed by atoms with Crippen LogP contribution in [0, 0.1) is 0 Å². The van der Waals surface area contributed by atoms with E-state index >= 15 is 0 Å². The second-order valence-corrected chi connectivity index (χ2v) is 7.39. The van der Waals surface area contributed by atoms with Gasteiger partial charge in [0, 0.05) is 24.7 Å². The van der Waals surface area contributed by atoms with Gasteiger partial charge in [0.1, 0.15) is 4.88 Å². The summed E-state index contributed by atoms with van der Waals surface area (Å²) in [5.41, 5.74) is 1.69. The summed E-state index contributed by atoms with van der Waals surface area (Å²) < 4.78 is 5.49. The van der Waals surface area contributed by atoms with Gasteiger partial charge in [-0.05, 0) is 32.0 Å². The molecule has 150 valence electrons. The quantitative estimate of drug-likeness (QED) is 0.637. The summed E-state index contributed by atoms with van der Waals surface area (Å²) in [4.78, 5) is 20.6. The summed E-state index contributed by atoms with van der Waals surface area (Å²) in [5.74, 6) is 0.758. The van der Waals surface area contributed by atoms with E-state index in [1.807, 2.05) is 54.4 Å². The maximum Gasteiger partial charge on any atom is 0.266 e. The molecule has 1 aromatic carbocycles. The number of nitrogens with one attached hydrogen (secondary N) is 1. The van der Waals surface area contributed by atoms with E-state index in [2.05, 4.69) is 5.32 Å². The Morgan fingerprint density at radius 1 is 1.14 bits per heavy atom. The van der Waals surface area contributed by atoms with E-state index in [4.69, 9.17) is 9.40 Å². The maximum absolute atomic E-state index is 13.2. The summed E-state index contributed by atoms with van der Waals surface area (Å²) in [5, 5.41) is 4.04. The molecule has 1 saturated heterocycles. The molecule has 2 aromatic heterocycles. The highest BCUT2D eigenvalue weighted by Gasteiger charge is 2.28. The van der Waals surface area contributed by atoms with E-state index in [-0.39, 0.29) is 30.7 Å². The van der Waals surface area contributed by atoms with Crippen LogP contribution in [0.15, 0.2) is 53.1 Å². The maximum atomic E-state index is 13.2. The molecule has 0 spiro atoms. The van der Waals surface area contributed by atoms with Crippen molar-refractivity contribution >= 4 is 42.1 Å². The Balaban J connectivity index is 0.00000140. The predicted molar refractivity (Wildman–Crippen MR) is 118 cm³/mol. The van der Waals surface area contributed by atoms with Crippen LogP contribution in [0.4, 0.5) is 0 Å². The Morgan fingerprint density at radius 3 is 2.46 bits per heavy atom. The molecule has 1 amide bonds. The molecule has 1 aliphatic heterocycles. The number of nitrogens with zero attached hydrogens (tertiary/aromatic N) is 2. The van der Waals surface area contributed by atoms with Crippen molar-refractivity contribution < 1.29 is 9.21 Å². The molecule has 0 atom stereocenters. The lowest BCUT2D eigenvalue weighted by atomic mass is 10.0. The van der Waals surface area contributed by atoms with Crippen LogP contribution in [0.5, 0.6) is 0 Å². The molecule has 1 aliphatic rings. The van der Waals surface area contributed by atoms with Crippen LogP contribution < -0.4 is 5.32 Å². The number of piperidine rings is 1. The fourth-order valence-electron chi connectivity index (χ4n) is 3.28. The van der Waals surface area contributed by atoms with Gasteiger partial charge in [-0.25, -0.2) is 4.98 Å². The molecule has 1 fully saturated rings. The number of rotatable bonds is 4. The summed E-state index contributed by atoms with van der Waals surface area (Å²) in [6.45, 7) is 1.54. The lowest BCUT2D eigenvalue weighted by molar-refractivity contribution is 0.0713. The van der Waals surface area contributed by atoms with Crippen molar-refractivity contribution in [2.45, 2.75) is 18.9 Å². The minimum Gasteiger partial charge on any atom is -0.462 e. The van der Waals surface area contributed by atoms with Gasteiger partial charge in [0.2, 0.25) is 0 Å². The smallest absolute Gasteiger partial charge is 0.266 e. The topological polar surface area (TPSA) is 58.4 Å². The molecule has 8 heteroatoms. The van der Waals surface area contributed by atoms with Gasteiger partial charge in [-0.15, -0.1) is 36.2 Å². The van der Waals surface area contributed by atoms with Crippen molar-refractivity contribution in [3.8, 4) is 22.0 Å². The Morgan fingerprint density at radius 2 is 1.86 bits per heavy atom. The fourth-order valence-corrected chi connectivity index (χ4v) is 4.30. The van der Waals surface area contributed by atoms with Crippen molar-refractivity contribution in [1.29, 1.82) is 0 Å². The minimum atomic E-state index is 0. The number of hydrogen-bond donors (Lipinski definition) is 1. The molecular formula is C20H23Cl2N3O2S. The Kier molecular flexibility index (Phi) is 8.07. The summed E-state index contributed by atoms with van der Waals surface area (Å²) in [6.07, 6.45) is 3.59. The van der Waals surface area contributed by atoms with Crippen molar-refractivity contribution in [3.05, 3.63) is 53.6 Å². The number of amides is 1. The zero-order valence-corrected chi connectivity index (χ0v) is 17.9. The summed E-state index contributed by atoms with van der Waals surface area (Å²) in [6, 6.07) is 14.1. The molecule has 0 bridgehead atoms. The first-order valence-corrected chi connectivity index (χ1v) is 9.64. The van der Waals surface area contributed by atoms with E-state index in [0.717, 1.165) is 42.2 Å². The molecule has 4 rings (SSSR count). The molecule has 0 unspecified atom stereocenters. The molecule has 28 heavy (non-hydrogen) atoms. The van der Waals surface area contributed by atoms with E-state index in [1.54, 1.807) is 6.26 Å². The van der Waals surface area contributed by atoms with Gasteiger partial charge in [0.25, 0.3) is 5.91 Å². The van der Waals surface area contributed by atoms with E-state index in [1.165, 1.54) is 11.3 Å². The molecule has 0 aliphatic carbocycles. The molecule has 0 saturated carbocycles. The Labute approximate surface area is 181 Å². The van der Waals surface area contributed by atoms with Crippen LogP contribution in [-0.2, 0) is 0 Å². The molecule has 1 N–H and O–H groups in total. The normalized spacial score (nSPS) is 14.2. The number of furan rings is 1. The van der Waals surface area contributed by atoms with Crippen LogP contribution >= 0.6 is 36.2 Å². The zero-order chi connectivity index (χ0) is 17.9. The van der Waals surface area contributed by atoms with Crippen LogP contribution in [0.3, 0.4) is 0 Å². The number of carbonyl (C=O) groups is 1. The van der Waals surface area contributed by atoms with Crippen LogP contribution in [0.2, 0.25) is 0 Å². The fraction of sp³-hybridized carbons (Fsp3) is 0.300. The number of carbonyl (C=O) groups excluding carboxylic acids is 1. The number of hydrogen-bond acceptors (Lipinski definition) is 5. The first-order valence-electron chi connectivity index (χ1n) is 8.83. The van der Waals surface area contributed by atoms with Gasteiger partial charge >= 0.3 is 0 Å². The molecular weight excluding hydrogens is 417 g/mol. The number of likely N-dealkylation sites (tertiary alicyclic amines) is 1. The molecule has 5 nitrogen and oxygen atoms in total. The average Bonchev–Trinajstić information content (AvgIpc) is 3.38. The van der Waals surface area contributed by atoms with E-state index < -0.39 is 0 Å². The summed E-state index contributed by atoms with van der Waals surface area (Å²) >= 11 is 1.41. The van der Waals surface area contributed by atoms with Crippen molar-refractivity contribution in [2.75, 3.05) is 20.1 Å². The molecule has 3 aromatic rings. The average molecular weight is 440 g/mol. The Bertz CT molecular complexity index is 876. The lowest BCUT2D eigenvalue weighted by Gasteiger charge is -2.31. The van der Waals surface area contributed by atoms with E-state index in [0.29, 0.717) is 16.7 Å². The van der Waals surface area contributed by atoms with E-state index in [9.17, 15) is 4.79 Å². The van der Waals surface area contributed by atoms with Gasteiger partial charge in [0.15, 0.2) is 10.8 Å². The highest BCUT2D eigenvalue weighted by atomic mass is 35.5. The van der Waals surface area contributed by atoms with Crippen molar-refractivity contribution in [2.24, 2.45) is 0 Å². The number of halogens is 2. The monoisotopic (exact) mass is 439 g/mol. The standard InChI is InChI=1S/C20H21N3O2S.2ClH/c1-21-15-9-11-23(12-10-15)20(24)18-17(14-6-3-2-4-7-14)22-19(26-18)16-8-5-13-25-16;;/h2-8,13,15,21H,9-12H2,1H3;2*1H. The number of aromatic nitrogens is 1. The van der Waals surface area contributed by atoms with Gasteiger partial charge in [-0.1, -0.05) is 30.3 Å². The van der Waals surface area contributed by atoms with Gasteiger partial charge < -0.3 is 14.6 Å². The first kappa shape index (κ1) is 22.4. The van der Waals surface area contributed by atoms with Gasteiger partial charge in [-0.2, -0.15) is 0 Å². The first-order chi connectivity index (χ1) is 12.8. The third-order valence-corrected chi connectivity index (χ3v) is 5.85. The molecule has 0 radical (unpaired) electrons. The number of benzene rings is 1. The highest BCUT2D eigenvalue weighted by Crippen LogP contribution is 2.35. The second-order valence-electron chi connectivity index (χ2n) is 6.40. The van der Waals surface area contributed by atoms with Gasteiger partial charge in [-0.3, -0.25) is 4.79 Å². The third-order valence-electron chi connectivity index (χ3n) is 4.79. The van der Waals surface area contributed by atoms with Crippen LogP contribution in [0.1, 0.15) is 22.5 Å². The van der Waals surface area contributed by atoms with Crippen molar-refractivity contribution in [1.82, 2.24) is 15.2 Å². The largest absolute Gasteiger partial charge is 0.462 e. The predicted octanol–water partition coefficient (Wildman–Crippen LogP) is 4.74. The Hall–Kier alpha value is -1.86. The molecule has 3 heterocycles.